The summed E-state index contributed by atoms with van der Waals surface area (Å²) < 4.78 is 1.71. The van der Waals surface area contributed by atoms with Gasteiger partial charge in [0.25, 0.3) is 5.91 Å². The van der Waals surface area contributed by atoms with Gasteiger partial charge in [0.1, 0.15) is 0 Å². The lowest BCUT2D eigenvalue weighted by Crippen LogP contribution is -2.38. The molecule has 0 aliphatic heterocycles. The van der Waals surface area contributed by atoms with Gasteiger partial charge in [-0.1, -0.05) is 22.9 Å². The number of nitrogens with zero attached hydrogens (tertiary/aromatic N) is 1. The molecular weight excluding hydrogens is 423 g/mol. The van der Waals surface area contributed by atoms with Gasteiger partial charge in [0, 0.05) is 21.6 Å². The summed E-state index contributed by atoms with van der Waals surface area (Å²) in [6.07, 6.45) is 0.882. The number of hydrogen-bond acceptors (Lipinski definition) is 2. The van der Waals surface area contributed by atoms with Gasteiger partial charge in [0.2, 0.25) is 5.91 Å². The molecule has 0 unspecified atom stereocenters. The van der Waals surface area contributed by atoms with E-state index in [1.54, 1.807) is 13.1 Å². The minimum atomic E-state index is -0.155. The Morgan fingerprint density at radius 3 is 2.74 bits per heavy atom. The van der Waals surface area contributed by atoms with E-state index in [9.17, 15) is 9.59 Å². The molecule has 6 heteroatoms. The van der Waals surface area contributed by atoms with Crippen molar-refractivity contribution in [1.29, 1.82) is 0 Å². The van der Waals surface area contributed by atoms with Gasteiger partial charge in [-0.25, -0.2) is 0 Å². The molecule has 0 aromatic heterocycles. The fraction of sp³-hybridized carbons (Fsp3) is 0.385. The van der Waals surface area contributed by atoms with Crippen molar-refractivity contribution in [1.82, 2.24) is 10.2 Å². The summed E-state index contributed by atoms with van der Waals surface area (Å²) in [6.45, 7) is 2.69. The fourth-order valence-corrected chi connectivity index (χ4v) is 2.40. The standard InChI is InChI=1S/C13H16BrIN2O2/c1-3-6-16-12(18)8-17(2)13(19)10-7-9(14)4-5-11(10)15/h4-5,7H,3,6,8H2,1-2H3,(H,16,18). The normalized spacial score (nSPS) is 10.1. The predicted octanol–water partition coefficient (Wildman–Crippen LogP) is 2.65. The van der Waals surface area contributed by atoms with Gasteiger partial charge >= 0.3 is 0 Å². The molecule has 1 aromatic carbocycles. The van der Waals surface area contributed by atoms with E-state index in [0.717, 1.165) is 14.5 Å². The van der Waals surface area contributed by atoms with Crippen LogP contribution in [0.15, 0.2) is 22.7 Å². The molecule has 2 amide bonds. The molecule has 0 bridgehead atoms. The van der Waals surface area contributed by atoms with E-state index in [2.05, 4.69) is 43.8 Å². The van der Waals surface area contributed by atoms with Crippen LogP contribution in [0, 0.1) is 3.57 Å². The number of rotatable bonds is 5. The molecule has 1 aromatic rings. The number of hydrogen-bond donors (Lipinski definition) is 1. The SMILES string of the molecule is CCCNC(=O)CN(C)C(=O)c1cc(Br)ccc1I. The molecule has 0 saturated heterocycles. The summed E-state index contributed by atoms with van der Waals surface area (Å²) >= 11 is 5.46. The van der Waals surface area contributed by atoms with E-state index < -0.39 is 0 Å². The van der Waals surface area contributed by atoms with E-state index >= 15 is 0 Å². The molecule has 0 fully saturated rings. The highest BCUT2D eigenvalue weighted by atomic mass is 127. The first-order chi connectivity index (χ1) is 8.95. The van der Waals surface area contributed by atoms with Gasteiger partial charge in [-0.2, -0.15) is 0 Å². The zero-order valence-corrected chi connectivity index (χ0v) is 14.6. The number of carbonyl (C=O) groups is 2. The summed E-state index contributed by atoms with van der Waals surface area (Å²) in [5, 5.41) is 2.75. The molecule has 0 saturated carbocycles. The molecule has 1 rings (SSSR count). The lowest BCUT2D eigenvalue weighted by atomic mass is 10.2. The number of halogens is 2. The number of amides is 2. The Morgan fingerprint density at radius 1 is 1.42 bits per heavy atom. The van der Waals surface area contributed by atoms with Crippen LogP contribution in [-0.4, -0.2) is 36.9 Å². The Kier molecular flexibility index (Phi) is 6.78. The molecule has 1 N–H and O–H groups in total. The van der Waals surface area contributed by atoms with Crippen LogP contribution < -0.4 is 5.32 Å². The molecule has 0 aliphatic rings. The van der Waals surface area contributed by atoms with Gasteiger partial charge in [-0.15, -0.1) is 0 Å². The first-order valence-corrected chi connectivity index (χ1v) is 7.80. The van der Waals surface area contributed by atoms with Gasteiger partial charge in [-0.05, 0) is 47.2 Å². The predicted molar refractivity (Wildman–Crippen MR) is 87.1 cm³/mol. The molecule has 19 heavy (non-hydrogen) atoms. The lowest BCUT2D eigenvalue weighted by Gasteiger charge is -2.17. The quantitative estimate of drug-likeness (QED) is 0.718. The van der Waals surface area contributed by atoms with Crippen molar-refractivity contribution < 1.29 is 9.59 Å². The number of nitrogens with one attached hydrogen (secondary N) is 1. The molecule has 104 valence electrons. The average molecular weight is 439 g/mol. The molecule has 0 spiro atoms. The highest BCUT2D eigenvalue weighted by molar-refractivity contribution is 14.1. The second kappa shape index (κ2) is 7.84. The van der Waals surface area contributed by atoms with Crippen LogP contribution in [0.4, 0.5) is 0 Å². The smallest absolute Gasteiger partial charge is 0.255 e. The third-order valence-electron chi connectivity index (χ3n) is 2.46. The van der Waals surface area contributed by atoms with Gasteiger partial charge in [-0.3, -0.25) is 9.59 Å². The van der Waals surface area contributed by atoms with Crippen molar-refractivity contribution in [3.05, 3.63) is 31.8 Å². The van der Waals surface area contributed by atoms with Crippen molar-refractivity contribution in [2.45, 2.75) is 13.3 Å². The van der Waals surface area contributed by atoms with E-state index in [1.807, 2.05) is 19.1 Å². The van der Waals surface area contributed by atoms with E-state index in [1.165, 1.54) is 4.90 Å². The molecule has 0 heterocycles. The Morgan fingerprint density at radius 2 is 2.11 bits per heavy atom. The summed E-state index contributed by atoms with van der Waals surface area (Å²) in [5.41, 5.74) is 0.598. The highest BCUT2D eigenvalue weighted by Crippen LogP contribution is 2.19. The summed E-state index contributed by atoms with van der Waals surface area (Å²) in [4.78, 5) is 25.3. The molecular formula is C13H16BrIN2O2. The molecule has 4 nitrogen and oxygen atoms in total. The van der Waals surface area contributed by atoms with Crippen molar-refractivity contribution >= 4 is 50.3 Å². The third kappa shape index (κ3) is 5.10. The van der Waals surface area contributed by atoms with Crippen LogP contribution in [0.5, 0.6) is 0 Å². The Labute approximate surface area is 135 Å². The van der Waals surface area contributed by atoms with Crippen LogP contribution in [-0.2, 0) is 4.79 Å². The van der Waals surface area contributed by atoms with E-state index in [4.69, 9.17) is 0 Å². The maximum absolute atomic E-state index is 12.2. The summed E-state index contributed by atoms with van der Waals surface area (Å²) in [7, 11) is 1.63. The first-order valence-electron chi connectivity index (χ1n) is 5.93. The van der Waals surface area contributed by atoms with Gasteiger partial charge in [0.05, 0.1) is 12.1 Å². The maximum Gasteiger partial charge on any atom is 0.255 e. The van der Waals surface area contributed by atoms with Crippen LogP contribution in [0.2, 0.25) is 0 Å². The Balaban J connectivity index is 2.71. The molecule has 0 radical (unpaired) electrons. The lowest BCUT2D eigenvalue weighted by molar-refractivity contribution is -0.121. The minimum Gasteiger partial charge on any atom is -0.355 e. The number of carbonyl (C=O) groups excluding carboxylic acids is 2. The summed E-state index contributed by atoms with van der Waals surface area (Å²) in [6, 6.07) is 5.51. The second-order valence-corrected chi connectivity index (χ2v) is 6.21. The average Bonchev–Trinajstić information content (AvgIpc) is 2.38. The van der Waals surface area contributed by atoms with Crippen molar-refractivity contribution in [2.75, 3.05) is 20.1 Å². The van der Waals surface area contributed by atoms with Crippen LogP contribution in [0.1, 0.15) is 23.7 Å². The Bertz CT molecular complexity index is 480. The number of likely N-dealkylation sites (N-methyl/N-ethyl adjacent to an activating group) is 1. The molecule has 0 atom stereocenters. The topological polar surface area (TPSA) is 49.4 Å². The van der Waals surface area contributed by atoms with E-state index in [0.29, 0.717) is 12.1 Å². The highest BCUT2D eigenvalue weighted by Gasteiger charge is 2.17. The van der Waals surface area contributed by atoms with Crippen LogP contribution in [0.25, 0.3) is 0 Å². The van der Waals surface area contributed by atoms with Crippen molar-refractivity contribution in [2.24, 2.45) is 0 Å². The zero-order chi connectivity index (χ0) is 14.4. The maximum atomic E-state index is 12.2. The second-order valence-electron chi connectivity index (χ2n) is 4.14. The monoisotopic (exact) mass is 438 g/mol. The van der Waals surface area contributed by atoms with Crippen LogP contribution >= 0.6 is 38.5 Å². The molecule has 0 aliphatic carbocycles. The van der Waals surface area contributed by atoms with E-state index in [-0.39, 0.29) is 18.4 Å². The number of benzene rings is 1. The van der Waals surface area contributed by atoms with Gasteiger partial charge in [0.15, 0.2) is 0 Å². The first kappa shape index (κ1) is 16.4. The Hall–Kier alpha value is -0.630. The largest absolute Gasteiger partial charge is 0.355 e. The van der Waals surface area contributed by atoms with Crippen LogP contribution in [0.3, 0.4) is 0 Å². The van der Waals surface area contributed by atoms with Gasteiger partial charge < -0.3 is 10.2 Å². The van der Waals surface area contributed by atoms with Crippen molar-refractivity contribution in [3.8, 4) is 0 Å². The summed E-state index contributed by atoms with van der Waals surface area (Å²) in [5.74, 6) is -0.292. The minimum absolute atomic E-state index is 0.0709. The van der Waals surface area contributed by atoms with Crippen molar-refractivity contribution in [3.63, 3.8) is 0 Å². The fourth-order valence-electron chi connectivity index (χ4n) is 1.47. The zero-order valence-electron chi connectivity index (χ0n) is 10.9. The third-order valence-corrected chi connectivity index (χ3v) is 3.89.